The molecule has 20 heavy (non-hydrogen) atoms. The number of amides is 1. The van der Waals surface area contributed by atoms with E-state index < -0.39 is 0 Å². The largest absolute Gasteiger partial charge is 0.330 e. The molecule has 0 aromatic heterocycles. The zero-order chi connectivity index (χ0) is 15.1. The van der Waals surface area contributed by atoms with Gasteiger partial charge in [0.15, 0.2) is 0 Å². The highest BCUT2D eigenvalue weighted by atomic mass is 35.5. The van der Waals surface area contributed by atoms with Crippen molar-refractivity contribution in [1.82, 2.24) is 4.90 Å². The Morgan fingerprint density at radius 2 is 1.85 bits per heavy atom. The normalized spacial score (nSPS) is 20.4. The molecule has 5 heteroatoms. The molecule has 0 aliphatic carbocycles. The number of benzene rings is 1. The first-order valence-electron chi connectivity index (χ1n) is 6.49. The first kappa shape index (κ1) is 15.3. The van der Waals surface area contributed by atoms with Gasteiger partial charge >= 0.3 is 0 Å². The van der Waals surface area contributed by atoms with Crippen LogP contribution in [0.15, 0.2) is 18.2 Å². The van der Waals surface area contributed by atoms with Gasteiger partial charge in [0.05, 0.1) is 12.5 Å². The molecule has 1 aromatic rings. The molecule has 2 rings (SSSR count). The van der Waals surface area contributed by atoms with E-state index in [9.17, 15) is 9.59 Å². The van der Waals surface area contributed by atoms with E-state index in [4.69, 9.17) is 23.2 Å². The van der Waals surface area contributed by atoms with Crippen LogP contribution in [0.3, 0.4) is 0 Å². The zero-order valence-corrected chi connectivity index (χ0v) is 13.3. The Hall–Kier alpha value is -1.06. The highest BCUT2D eigenvalue weighted by Gasteiger charge is 2.40. The molecule has 1 fully saturated rings. The van der Waals surface area contributed by atoms with Crippen LogP contribution in [-0.4, -0.2) is 22.1 Å². The van der Waals surface area contributed by atoms with Gasteiger partial charge in [-0.25, -0.2) is 0 Å². The average Bonchev–Trinajstić information content (AvgIpc) is 2.25. The Kier molecular flexibility index (Phi) is 4.12. The van der Waals surface area contributed by atoms with Crippen molar-refractivity contribution in [3.8, 4) is 0 Å². The fourth-order valence-electron chi connectivity index (χ4n) is 2.67. The van der Waals surface area contributed by atoms with Crippen LogP contribution in [0, 0.1) is 0 Å². The van der Waals surface area contributed by atoms with Crippen molar-refractivity contribution in [2.24, 2.45) is 0 Å². The first-order chi connectivity index (χ1) is 9.20. The third kappa shape index (κ3) is 2.99. The minimum atomic E-state index is -0.370. The van der Waals surface area contributed by atoms with Gasteiger partial charge in [-0.3, -0.25) is 9.59 Å². The van der Waals surface area contributed by atoms with Crippen molar-refractivity contribution in [2.45, 2.75) is 45.2 Å². The molecule has 1 saturated heterocycles. The molecule has 1 aliphatic heterocycles. The number of piperidine rings is 1. The van der Waals surface area contributed by atoms with Crippen molar-refractivity contribution in [3.63, 3.8) is 0 Å². The van der Waals surface area contributed by atoms with E-state index in [0.29, 0.717) is 16.5 Å². The van der Waals surface area contributed by atoms with Gasteiger partial charge in [-0.05, 0) is 38.5 Å². The number of likely N-dealkylation sites (tertiary alicyclic amines) is 1. The minimum Gasteiger partial charge on any atom is -0.330 e. The molecule has 0 radical (unpaired) electrons. The lowest BCUT2D eigenvalue weighted by Gasteiger charge is -2.44. The molecule has 108 valence electrons. The Morgan fingerprint density at radius 1 is 1.20 bits per heavy atom. The zero-order valence-electron chi connectivity index (χ0n) is 11.7. The Labute approximate surface area is 128 Å². The SMILES string of the molecule is CC(C)(C)N1C(=O)CC(=O)C[C@H]1c1ccc(Cl)cc1Cl. The topological polar surface area (TPSA) is 37.4 Å². The molecule has 1 amide bonds. The highest BCUT2D eigenvalue weighted by molar-refractivity contribution is 6.35. The quantitative estimate of drug-likeness (QED) is 0.734. The van der Waals surface area contributed by atoms with Crippen LogP contribution >= 0.6 is 23.2 Å². The number of halogens is 2. The fraction of sp³-hybridized carbons (Fsp3) is 0.467. The predicted molar refractivity (Wildman–Crippen MR) is 80.0 cm³/mol. The van der Waals surface area contributed by atoms with Crippen LogP contribution in [0.2, 0.25) is 10.0 Å². The van der Waals surface area contributed by atoms with Gasteiger partial charge in [0, 0.05) is 22.0 Å². The highest BCUT2D eigenvalue weighted by Crippen LogP contribution is 2.39. The fourth-order valence-corrected chi connectivity index (χ4v) is 3.20. The third-order valence-electron chi connectivity index (χ3n) is 3.39. The summed E-state index contributed by atoms with van der Waals surface area (Å²) in [6.45, 7) is 5.87. The van der Waals surface area contributed by atoms with Crippen LogP contribution in [0.4, 0.5) is 0 Å². The number of hydrogen-bond donors (Lipinski definition) is 0. The number of hydrogen-bond acceptors (Lipinski definition) is 2. The van der Waals surface area contributed by atoms with Crippen molar-refractivity contribution in [2.75, 3.05) is 0 Å². The number of carbonyl (C=O) groups is 2. The van der Waals surface area contributed by atoms with Gasteiger partial charge in [0.25, 0.3) is 0 Å². The van der Waals surface area contributed by atoms with Crippen molar-refractivity contribution < 1.29 is 9.59 Å². The summed E-state index contributed by atoms with van der Waals surface area (Å²) in [5, 5.41) is 1.02. The summed E-state index contributed by atoms with van der Waals surface area (Å²) in [4.78, 5) is 25.8. The monoisotopic (exact) mass is 313 g/mol. The lowest BCUT2D eigenvalue weighted by molar-refractivity contribution is -0.148. The van der Waals surface area contributed by atoms with Gasteiger partial charge in [-0.15, -0.1) is 0 Å². The molecule has 0 N–H and O–H groups in total. The second kappa shape index (κ2) is 5.38. The van der Waals surface area contributed by atoms with E-state index in [1.807, 2.05) is 20.8 Å². The maximum absolute atomic E-state index is 12.2. The van der Waals surface area contributed by atoms with Gasteiger partial charge in [-0.1, -0.05) is 29.3 Å². The van der Waals surface area contributed by atoms with Gasteiger partial charge < -0.3 is 4.90 Å². The molecule has 0 saturated carbocycles. The number of rotatable bonds is 1. The predicted octanol–water partition coefficient (Wildman–Crippen LogP) is 4.02. The second-order valence-electron chi connectivity index (χ2n) is 6.04. The van der Waals surface area contributed by atoms with Crippen molar-refractivity contribution >= 4 is 34.9 Å². The van der Waals surface area contributed by atoms with E-state index in [1.165, 1.54) is 0 Å². The number of Topliss-reactive ketones (excluding diaryl/α,β-unsaturated/α-hetero) is 1. The maximum Gasteiger partial charge on any atom is 0.230 e. The van der Waals surface area contributed by atoms with E-state index in [2.05, 4.69) is 0 Å². The Balaban J connectivity index is 2.49. The summed E-state index contributed by atoms with van der Waals surface area (Å²) in [5.74, 6) is -0.198. The number of carbonyl (C=O) groups excluding carboxylic acids is 2. The summed E-state index contributed by atoms with van der Waals surface area (Å²) in [6, 6.07) is 4.84. The summed E-state index contributed by atoms with van der Waals surface area (Å²) in [7, 11) is 0. The molecule has 0 spiro atoms. The van der Waals surface area contributed by atoms with Crippen molar-refractivity contribution in [3.05, 3.63) is 33.8 Å². The van der Waals surface area contributed by atoms with Crippen LogP contribution < -0.4 is 0 Å². The lowest BCUT2D eigenvalue weighted by atomic mass is 9.89. The standard InChI is InChI=1S/C15H17Cl2NO2/c1-15(2,3)18-13(7-10(19)8-14(18)20)11-5-4-9(16)6-12(11)17/h4-6,13H,7-8H2,1-3H3/t13-/m0/s1. The molecule has 0 unspecified atom stereocenters. The third-order valence-corrected chi connectivity index (χ3v) is 3.96. The summed E-state index contributed by atoms with van der Waals surface area (Å²) >= 11 is 12.1. The van der Waals surface area contributed by atoms with E-state index >= 15 is 0 Å². The van der Waals surface area contributed by atoms with E-state index in [1.54, 1.807) is 23.1 Å². The first-order valence-corrected chi connectivity index (χ1v) is 7.24. The molecular weight excluding hydrogens is 297 g/mol. The summed E-state index contributed by atoms with van der Waals surface area (Å²) < 4.78 is 0. The molecule has 1 aromatic carbocycles. The molecule has 1 atom stereocenters. The molecule has 3 nitrogen and oxygen atoms in total. The maximum atomic E-state index is 12.2. The second-order valence-corrected chi connectivity index (χ2v) is 6.88. The van der Waals surface area contributed by atoms with Crippen LogP contribution in [-0.2, 0) is 9.59 Å². The van der Waals surface area contributed by atoms with E-state index in [0.717, 1.165) is 5.56 Å². The summed E-state index contributed by atoms with van der Waals surface area (Å²) in [5.41, 5.74) is 0.401. The number of ketones is 1. The Bertz CT molecular complexity index is 563. The van der Waals surface area contributed by atoms with E-state index in [-0.39, 0.29) is 29.7 Å². The van der Waals surface area contributed by atoms with Crippen LogP contribution in [0.25, 0.3) is 0 Å². The molecule has 1 aliphatic rings. The lowest BCUT2D eigenvalue weighted by Crippen LogP contribution is -2.51. The smallest absolute Gasteiger partial charge is 0.230 e. The average molecular weight is 314 g/mol. The summed E-state index contributed by atoms with van der Waals surface area (Å²) in [6.07, 6.45) is 0.267. The molecule has 1 heterocycles. The van der Waals surface area contributed by atoms with Gasteiger partial charge in [0.2, 0.25) is 5.91 Å². The van der Waals surface area contributed by atoms with Gasteiger partial charge in [0.1, 0.15) is 5.78 Å². The van der Waals surface area contributed by atoms with Crippen LogP contribution in [0.1, 0.15) is 45.2 Å². The van der Waals surface area contributed by atoms with Crippen LogP contribution in [0.5, 0.6) is 0 Å². The number of nitrogens with zero attached hydrogens (tertiary/aromatic N) is 1. The van der Waals surface area contributed by atoms with Gasteiger partial charge in [-0.2, -0.15) is 0 Å². The Morgan fingerprint density at radius 3 is 2.40 bits per heavy atom. The minimum absolute atomic E-state index is 0.0288. The van der Waals surface area contributed by atoms with Crippen molar-refractivity contribution in [1.29, 1.82) is 0 Å². The molecule has 0 bridgehead atoms. The molecular formula is C15H17Cl2NO2.